The second-order valence-corrected chi connectivity index (χ2v) is 6.41. The molecule has 3 rings (SSSR count). The van der Waals surface area contributed by atoms with E-state index in [9.17, 15) is 9.59 Å². The molecule has 122 valence electrons. The molecule has 0 fully saturated rings. The highest BCUT2D eigenvalue weighted by molar-refractivity contribution is 6.04. The fraction of sp³-hybridized carbons (Fsp3) is 0.500. The summed E-state index contributed by atoms with van der Waals surface area (Å²) in [6.07, 6.45) is 4.71. The number of rotatable bonds is 5. The minimum Gasteiger partial charge on any atom is -0.356 e. The van der Waals surface area contributed by atoms with Gasteiger partial charge in [0.1, 0.15) is 0 Å². The minimum absolute atomic E-state index is 0.0159. The molecule has 1 aliphatic carbocycles. The Balaban J connectivity index is 1.62. The average Bonchev–Trinajstić information content (AvgIpc) is 2.96. The number of amides is 2. The molecule has 5 nitrogen and oxygen atoms in total. The van der Waals surface area contributed by atoms with Crippen molar-refractivity contribution in [2.45, 2.75) is 45.4 Å². The van der Waals surface area contributed by atoms with Crippen LogP contribution >= 0.6 is 0 Å². The van der Waals surface area contributed by atoms with Crippen LogP contribution in [0.15, 0.2) is 23.3 Å². The van der Waals surface area contributed by atoms with Crippen LogP contribution in [0.1, 0.15) is 49.3 Å². The molecule has 0 radical (unpaired) electrons. The molecule has 2 N–H and O–H groups in total. The van der Waals surface area contributed by atoms with Gasteiger partial charge >= 0.3 is 0 Å². The number of carbonyl (C=O) groups is 2. The van der Waals surface area contributed by atoms with Gasteiger partial charge in [-0.3, -0.25) is 9.59 Å². The van der Waals surface area contributed by atoms with Crippen molar-refractivity contribution < 1.29 is 9.59 Å². The Morgan fingerprint density at radius 2 is 2.13 bits per heavy atom. The summed E-state index contributed by atoms with van der Waals surface area (Å²) >= 11 is 0. The monoisotopic (exact) mass is 313 g/mol. The van der Waals surface area contributed by atoms with Crippen LogP contribution in [-0.4, -0.2) is 24.1 Å². The van der Waals surface area contributed by atoms with Gasteiger partial charge in [-0.2, -0.15) is 5.10 Å². The zero-order chi connectivity index (χ0) is 16.2. The lowest BCUT2D eigenvalue weighted by Gasteiger charge is -2.13. The molecular formula is C18H23N3O2. The molecule has 0 spiro atoms. The highest BCUT2D eigenvalue weighted by Gasteiger charge is 2.23. The summed E-state index contributed by atoms with van der Waals surface area (Å²) in [5, 5.41) is 7.20. The Labute approximate surface area is 136 Å². The normalized spacial score (nSPS) is 19.8. The first kappa shape index (κ1) is 15.7. The Bertz CT molecular complexity index is 652. The first-order valence-corrected chi connectivity index (χ1v) is 8.40. The van der Waals surface area contributed by atoms with Gasteiger partial charge in [0.2, 0.25) is 11.8 Å². The number of hydrogen-bond acceptors (Lipinski definition) is 3. The number of benzene rings is 1. The van der Waals surface area contributed by atoms with Gasteiger partial charge in [-0.15, -0.1) is 0 Å². The highest BCUT2D eigenvalue weighted by Crippen LogP contribution is 2.28. The van der Waals surface area contributed by atoms with Gasteiger partial charge in [-0.25, -0.2) is 5.43 Å². The molecule has 1 aliphatic heterocycles. The maximum atomic E-state index is 11.6. The van der Waals surface area contributed by atoms with Gasteiger partial charge in [0.15, 0.2) is 0 Å². The summed E-state index contributed by atoms with van der Waals surface area (Å²) in [6, 6.07) is 6.45. The molecule has 1 atom stereocenters. The quantitative estimate of drug-likeness (QED) is 0.872. The molecule has 0 aromatic heterocycles. The Morgan fingerprint density at radius 1 is 1.30 bits per heavy atom. The maximum absolute atomic E-state index is 11.6. The van der Waals surface area contributed by atoms with Crippen molar-refractivity contribution in [3.63, 3.8) is 0 Å². The van der Waals surface area contributed by atoms with E-state index in [-0.39, 0.29) is 11.8 Å². The molecule has 0 saturated heterocycles. The van der Waals surface area contributed by atoms with Crippen LogP contribution in [0.2, 0.25) is 0 Å². The molecular weight excluding hydrogens is 290 g/mol. The minimum atomic E-state index is -0.0159. The van der Waals surface area contributed by atoms with Crippen molar-refractivity contribution in [2.75, 3.05) is 6.54 Å². The summed E-state index contributed by atoms with van der Waals surface area (Å²) in [5.41, 5.74) is 7.31. The highest BCUT2D eigenvalue weighted by atomic mass is 16.2. The van der Waals surface area contributed by atoms with E-state index >= 15 is 0 Å². The van der Waals surface area contributed by atoms with Crippen molar-refractivity contribution in [1.29, 1.82) is 0 Å². The van der Waals surface area contributed by atoms with E-state index in [1.165, 1.54) is 11.1 Å². The van der Waals surface area contributed by atoms with E-state index in [1.807, 2.05) is 6.92 Å². The zero-order valence-electron chi connectivity index (χ0n) is 13.5. The van der Waals surface area contributed by atoms with Crippen LogP contribution < -0.4 is 10.7 Å². The first-order chi connectivity index (χ1) is 11.2. The second-order valence-electron chi connectivity index (χ2n) is 6.41. The smallest absolute Gasteiger partial charge is 0.240 e. The molecule has 1 heterocycles. The summed E-state index contributed by atoms with van der Waals surface area (Å²) in [7, 11) is 0. The van der Waals surface area contributed by atoms with Crippen molar-refractivity contribution in [2.24, 2.45) is 11.0 Å². The van der Waals surface area contributed by atoms with Crippen molar-refractivity contribution >= 4 is 17.5 Å². The molecule has 1 aromatic carbocycles. The van der Waals surface area contributed by atoms with Crippen LogP contribution in [0.4, 0.5) is 0 Å². The number of nitrogens with zero attached hydrogens (tertiary/aromatic N) is 1. The van der Waals surface area contributed by atoms with E-state index in [1.54, 1.807) is 0 Å². The second kappa shape index (κ2) is 6.94. The Kier molecular flexibility index (Phi) is 4.74. The molecule has 1 aromatic rings. The molecule has 0 saturated carbocycles. The number of hydrazone groups is 1. The third kappa shape index (κ3) is 3.78. The largest absolute Gasteiger partial charge is 0.356 e. The lowest BCUT2D eigenvalue weighted by Crippen LogP contribution is -2.29. The zero-order valence-corrected chi connectivity index (χ0v) is 13.5. The summed E-state index contributed by atoms with van der Waals surface area (Å²) in [6.45, 7) is 2.77. The van der Waals surface area contributed by atoms with E-state index in [4.69, 9.17) is 0 Å². The van der Waals surface area contributed by atoms with Crippen LogP contribution in [0, 0.1) is 5.92 Å². The van der Waals surface area contributed by atoms with Crippen LogP contribution in [-0.2, 0) is 22.4 Å². The molecule has 2 amide bonds. The maximum Gasteiger partial charge on any atom is 0.240 e. The van der Waals surface area contributed by atoms with E-state index in [2.05, 4.69) is 34.0 Å². The fourth-order valence-corrected chi connectivity index (χ4v) is 3.29. The predicted octanol–water partition coefficient (Wildman–Crippen LogP) is 1.93. The fourth-order valence-electron chi connectivity index (χ4n) is 3.29. The lowest BCUT2D eigenvalue weighted by molar-refractivity contribution is -0.122. The summed E-state index contributed by atoms with van der Waals surface area (Å²) < 4.78 is 0. The summed E-state index contributed by atoms with van der Waals surface area (Å²) in [5.74, 6) is 0.614. The third-order valence-electron chi connectivity index (χ3n) is 4.53. The summed E-state index contributed by atoms with van der Waals surface area (Å²) in [4.78, 5) is 22.8. The topological polar surface area (TPSA) is 70.6 Å². The van der Waals surface area contributed by atoms with Crippen LogP contribution in [0.3, 0.4) is 0 Å². The van der Waals surface area contributed by atoms with E-state index in [0.29, 0.717) is 25.2 Å². The van der Waals surface area contributed by atoms with Gasteiger partial charge < -0.3 is 5.32 Å². The number of hydrogen-bond donors (Lipinski definition) is 2. The van der Waals surface area contributed by atoms with E-state index in [0.717, 1.165) is 37.1 Å². The van der Waals surface area contributed by atoms with E-state index < -0.39 is 0 Å². The van der Waals surface area contributed by atoms with Gasteiger partial charge in [-0.1, -0.05) is 19.1 Å². The van der Waals surface area contributed by atoms with Crippen molar-refractivity contribution in [1.82, 2.24) is 10.7 Å². The first-order valence-electron chi connectivity index (χ1n) is 8.40. The number of carbonyl (C=O) groups excluding carboxylic acids is 2. The molecule has 2 aliphatic rings. The van der Waals surface area contributed by atoms with Crippen LogP contribution in [0.5, 0.6) is 0 Å². The van der Waals surface area contributed by atoms with Gasteiger partial charge in [0, 0.05) is 25.8 Å². The average molecular weight is 313 g/mol. The van der Waals surface area contributed by atoms with Crippen molar-refractivity contribution in [3.05, 3.63) is 34.9 Å². The molecule has 23 heavy (non-hydrogen) atoms. The number of nitrogens with one attached hydrogen (secondary N) is 2. The Hall–Kier alpha value is -2.17. The standard InChI is InChI=1S/C18H23N3O2/c1-2-3-17(22)19-11-12-8-13-4-5-14(10-15(13)9-12)16-6-7-18(23)21-20-16/h4-5,10,12H,2-3,6-9,11H2,1H3,(H,19,22)(H,21,23). The van der Waals surface area contributed by atoms with Crippen LogP contribution in [0.25, 0.3) is 0 Å². The van der Waals surface area contributed by atoms with Gasteiger partial charge in [0.05, 0.1) is 5.71 Å². The van der Waals surface area contributed by atoms with Gasteiger partial charge in [0.25, 0.3) is 0 Å². The lowest BCUT2D eigenvalue weighted by atomic mass is 10.00. The van der Waals surface area contributed by atoms with Gasteiger partial charge in [-0.05, 0) is 47.9 Å². The predicted molar refractivity (Wildman–Crippen MR) is 89.2 cm³/mol. The molecule has 1 unspecified atom stereocenters. The van der Waals surface area contributed by atoms with Crippen molar-refractivity contribution in [3.8, 4) is 0 Å². The Morgan fingerprint density at radius 3 is 2.87 bits per heavy atom. The third-order valence-corrected chi connectivity index (χ3v) is 4.53. The molecule has 5 heteroatoms. The SMILES string of the molecule is CCCC(=O)NCC1Cc2ccc(C3=NNC(=O)CC3)cc2C1. The number of fused-ring (bicyclic) bond motifs is 1. The molecule has 0 bridgehead atoms.